The first kappa shape index (κ1) is 17.8. The molecular weight excluding hydrogens is 350 g/mol. The van der Waals surface area contributed by atoms with Gasteiger partial charge in [0.25, 0.3) is 5.91 Å². The van der Waals surface area contributed by atoms with Crippen LogP contribution in [0, 0.1) is 0 Å². The summed E-state index contributed by atoms with van der Waals surface area (Å²) in [5, 5.41) is 6.52. The third-order valence-corrected chi connectivity index (χ3v) is 3.99. The smallest absolute Gasteiger partial charge is 0.257 e. The Balaban J connectivity index is 1.64. The molecule has 1 aromatic heterocycles. The van der Waals surface area contributed by atoms with Crippen molar-refractivity contribution in [3.63, 3.8) is 0 Å². The van der Waals surface area contributed by atoms with Crippen LogP contribution in [0.4, 0.5) is 11.5 Å². The third kappa shape index (κ3) is 4.52. The van der Waals surface area contributed by atoms with E-state index in [2.05, 4.69) is 15.6 Å². The number of hydrogen-bond donors (Lipinski definition) is 2. The molecule has 0 spiro atoms. The van der Waals surface area contributed by atoms with Crippen molar-refractivity contribution in [2.75, 3.05) is 17.7 Å². The lowest BCUT2D eigenvalue weighted by Crippen LogP contribution is -2.13. The van der Waals surface area contributed by atoms with Gasteiger partial charge in [-0.15, -0.1) is 0 Å². The lowest BCUT2D eigenvalue weighted by atomic mass is 10.2. The van der Waals surface area contributed by atoms with E-state index in [1.807, 2.05) is 30.3 Å². The Kier molecular flexibility index (Phi) is 5.71. The minimum atomic E-state index is -0.285. The zero-order valence-corrected chi connectivity index (χ0v) is 15.0. The topological polar surface area (TPSA) is 63.2 Å². The molecule has 26 heavy (non-hydrogen) atoms. The Morgan fingerprint density at radius 2 is 1.92 bits per heavy atom. The van der Waals surface area contributed by atoms with Crippen LogP contribution in [0.2, 0.25) is 5.02 Å². The van der Waals surface area contributed by atoms with Crippen molar-refractivity contribution >= 4 is 29.0 Å². The fourth-order valence-corrected chi connectivity index (χ4v) is 2.57. The van der Waals surface area contributed by atoms with E-state index in [0.717, 1.165) is 5.56 Å². The number of ether oxygens (including phenoxy) is 1. The van der Waals surface area contributed by atoms with Gasteiger partial charge < -0.3 is 15.4 Å². The molecule has 2 N–H and O–H groups in total. The Morgan fingerprint density at radius 1 is 1.12 bits per heavy atom. The fourth-order valence-electron chi connectivity index (χ4n) is 2.39. The van der Waals surface area contributed by atoms with Crippen molar-refractivity contribution in [1.29, 1.82) is 0 Å². The number of hydrogen-bond acceptors (Lipinski definition) is 4. The van der Waals surface area contributed by atoms with Crippen molar-refractivity contribution in [1.82, 2.24) is 4.98 Å². The number of methoxy groups -OCH3 is 1. The van der Waals surface area contributed by atoms with Gasteiger partial charge in [0.05, 0.1) is 18.4 Å². The standard InChI is InChI=1S/C20H18ClN3O2/c1-26-18-9-8-16(21)11-17(18)24-20(25)15-7-10-19(23-13-15)22-12-14-5-3-2-4-6-14/h2-11,13H,12H2,1H3,(H,22,23)(H,24,25). The van der Waals surface area contributed by atoms with Crippen LogP contribution in [0.15, 0.2) is 66.9 Å². The molecule has 0 saturated carbocycles. The molecule has 1 amide bonds. The zero-order valence-electron chi connectivity index (χ0n) is 14.2. The van der Waals surface area contributed by atoms with E-state index >= 15 is 0 Å². The summed E-state index contributed by atoms with van der Waals surface area (Å²) in [5.41, 5.74) is 2.11. The number of carbonyl (C=O) groups excluding carboxylic acids is 1. The Bertz CT molecular complexity index is 883. The molecule has 0 unspecified atom stereocenters. The first-order chi connectivity index (χ1) is 12.7. The maximum absolute atomic E-state index is 12.4. The van der Waals surface area contributed by atoms with Gasteiger partial charge in [-0.25, -0.2) is 4.98 Å². The molecule has 0 bridgehead atoms. The van der Waals surface area contributed by atoms with E-state index in [1.165, 1.54) is 13.3 Å². The molecule has 0 aliphatic rings. The Hall–Kier alpha value is -3.05. The summed E-state index contributed by atoms with van der Waals surface area (Å²) in [5.74, 6) is 0.954. The normalized spacial score (nSPS) is 10.2. The van der Waals surface area contributed by atoms with Crippen LogP contribution in [-0.4, -0.2) is 18.0 Å². The van der Waals surface area contributed by atoms with Gasteiger partial charge in [0.2, 0.25) is 0 Å². The quantitative estimate of drug-likeness (QED) is 0.668. The van der Waals surface area contributed by atoms with E-state index < -0.39 is 0 Å². The second kappa shape index (κ2) is 8.36. The predicted molar refractivity (Wildman–Crippen MR) is 104 cm³/mol. The van der Waals surface area contributed by atoms with Gasteiger partial charge in [0.15, 0.2) is 0 Å². The second-order valence-corrected chi connectivity index (χ2v) is 6.01. The first-order valence-corrected chi connectivity index (χ1v) is 8.42. The molecule has 2 aromatic carbocycles. The molecule has 0 fully saturated rings. The number of pyridine rings is 1. The molecule has 3 rings (SSSR count). The molecule has 132 valence electrons. The van der Waals surface area contributed by atoms with E-state index in [0.29, 0.717) is 34.4 Å². The van der Waals surface area contributed by atoms with Gasteiger partial charge >= 0.3 is 0 Å². The van der Waals surface area contributed by atoms with E-state index in [1.54, 1.807) is 30.3 Å². The van der Waals surface area contributed by atoms with Gasteiger partial charge in [-0.2, -0.15) is 0 Å². The maximum Gasteiger partial charge on any atom is 0.257 e. The van der Waals surface area contributed by atoms with Crippen LogP contribution in [0.3, 0.4) is 0 Å². The monoisotopic (exact) mass is 367 g/mol. The van der Waals surface area contributed by atoms with Gasteiger partial charge in [-0.1, -0.05) is 41.9 Å². The number of nitrogens with one attached hydrogen (secondary N) is 2. The molecule has 0 aliphatic carbocycles. The summed E-state index contributed by atoms with van der Waals surface area (Å²) in [6.45, 7) is 0.666. The summed E-state index contributed by atoms with van der Waals surface area (Å²) in [6.07, 6.45) is 1.53. The minimum absolute atomic E-state index is 0.285. The van der Waals surface area contributed by atoms with Crippen molar-refractivity contribution in [2.45, 2.75) is 6.54 Å². The van der Waals surface area contributed by atoms with Crippen LogP contribution >= 0.6 is 11.6 Å². The minimum Gasteiger partial charge on any atom is -0.495 e. The first-order valence-electron chi connectivity index (χ1n) is 8.04. The highest BCUT2D eigenvalue weighted by atomic mass is 35.5. The van der Waals surface area contributed by atoms with Gasteiger partial charge in [-0.3, -0.25) is 4.79 Å². The summed E-state index contributed by atoms with van der Waals surface area (Å²) in [4.78, 5) is 16.7. The predicted octanol–water partition coefficient (Wildman–Crippen LogP) is 4.61. The van der Waals surface area contributed by atoms with Crippen LogP contribution < -0.4 is 15.4 Å². The SMILES string of the molecule is COc1ccc(Cl)cc1NC(=O)c1ccc(NCc2ccccc2)nc1. The third-order valence-electron chi connectivity index (χ3n) is 3.75. The number of aromatic nitrogens is 1. The van der Waals surface area contributed by atoms with Crippen molar-refractivity contribution in [3.05, 3.63) is 83.0 Å². The van der Waals surface area contributed by atoms with Crippen LogP contribution in [0.1, 0.15) is 15.9 Å². The van der Waals surface area contributed by atoms with Gasteiger partial charge in [0, 0.05) is 17.8 Å². The maximum atomic E-state index is 12.4. The largest absolute Gasteiger partial charge is 0.495 e. The lowest BCUT2D eigenvalue weighted by molar-refractivity contribution is 0.102. The van der Waals surface area contributed by atoms with Gasteiger partial charge in [0.1, 0.15) is 11.6 Å². The molecule has 0 saturated heterocycles. The average molecular weight is 368 g/mol. The highest BCUT2D eigenvalue weighted by molar-refractivity contribution is 6.31. The van der Waals surface area contributed by atoms with Gasteiger partial charge in [-0.05, 0) is 35.9 Å². The molecule has 6 heteroatoms. The highest BCUT2D eigenvalue weighted by Gasteiger charge is 2.11. The zero-order chi connectivity index (χ0) is 18.4. The van der Waals surface area contributed by atoms with Crippen molar-refractivity contribution < 1.29 is 9.53 Å². The number of carbonyl (C=O) groups is 1. The van der Waals surface area contributed by atoms with Crippen LogP contribution in [0.25, 0.3) is 0 Å². The fraction of sp³-hybridized carbons (Fsp3) is 0.100. The molecule has 0 aliphatic heterocycles. The number of halogens is 1. The van der Waals surface area contributed by atoms with E-state index in [-0.39, 0.29) is 5.91 Å². The van der Waals surface area contributed by atoms with Crippen molar-refractivity contribution in [2.24, 2.45) is 0 Å². The average Bonchev–Trinajstić information content (AvgIpc) is 2.68. The molecule has 1 heterocycles. The second-order valence-electron chi connectivity index (χ2n) is 5.57. The lowest BCUT2D eigenvalue weighted by Gasteiger charge is -2.11. The Morgan fingerprint density at radius 3 is 2.62 bits per heavy atom. The molecule has 5 nitrogen and oxygen atoms in total. The van der Waals surface area contributed by atoms with Crippen LogP contribution in [-0.2, 0) is 6.54 Å². The van der Waals surface area contributed by atoms with E-state index in [9.17, 15) is 4.79 Å². The Labute approximate surface area is 157 Å². The number of nitrogens with zero attached hydrogens (tertiary/aromatic N) is 1. The number of anilines is 2. The van der Waals surface area contributed by atoms with E-state index in [4.69, 9.17) is 16.3 Å². The summed E-state index contributed by atoms with van der Waals surface area (Å²) < 4.78 is 5.23. The van der Waals surface area contributed by atoms with Crippen molar-refractivity contribution in [3.8, 4) is 5.75 Å². The number of benzene rings is 2. The molecule has 0 atom stereocenters. The summed E-state index contributed by atoms with van der Waals surface area (Å²) in [6, 6.07) is 18.5. The molecule has 3 aromatic rings. The number of amides is 1. The number of rotatable bonds is 6. The van der Waals surface area contributed by atoms with Crippen LogP contribution in [0.5, 0.6) is 5.75 Å². The highest BCUT2D eigenvalue weighted by Crippen LogP contribution is 2.28. The summed E-state index contributed by atoms with van der Waals surface area (Å²) in [7, 11) is 1.54. The summed E-state index contributed by atoms with van der Waals surface area (Å²) >= 11 is 5.98. The molecular formula is C20H18ClN3O2. The molecule has 0 radical (unpaired) electrons.